The van der Waals surface area contributed by atoms with Crippen molar-refractivity contribution in [1.29, 1.82) is 0 Å². The van der Waals surface area contributed by atoms with Crippen LogP contribution >= 0.6 is 0 Å². The molecule has 104 valence electrons. The van der Waals surface area contributed by atoms with Crippen LogP contribution in [0.2, 0.25) is 0 Å². The Kier molecular flexibility index (Phi) is 2.85. The smallest absolute Gasteiger partial charge is 0.408 e. The minimum Gasteiger partial charge on any atom is -0.467 e. The lowest BCUT2D eigenvalue weighted by Gasteiger charge is -2.31. The van der Waals surface area contributed by atoms with Gasteiger partial charge in [0.2, 0.25) is 0 Å². The Morgan fingerprint density at radius 2 is 2.15 bits per heavy atom. The van der Waals surface area contributed by atoms with Crippen molar-refractivity contribution in [3.05, 3.63) is 35.5 Å². The highest BCUT2D eigenvalue weighted by Gasteiger charge is 2.39. The maximum atomic E-state index is 12.0. The van der Waals surface area contributed by atoms with Crippen LogP contribution in [0.4, 0.5) is 4.79 Å². The first kappa shape index (κ1) is 12.5. The van der Waals surface area contributed by atoms with Gasteiger partial charge in [0.05, 0.1) is 7.11 Å². The van der Waals surface area contributed by atoms with Gasteiger partial charge in [-0.2, -0.15) is 0 Å². The fraction of sp³-hybridized carbons (Fsp3) is 0.286. The molecule has 20 heavy (non-hydrogen) atoms. The Bertz CT molecular complexity index is 692. The topological polar surface area (TPSA) is 82.6 Å². The van der Waals surface area contributed by atoms with Crippen molar-refractivity contribution in [1.82, 2.24) is 9.88 Å². The van der Waals surface area contributed by atoms with Crippen molar-refractivity contribution >= 4 is 23.0 Å². The Morgan fingerprint density at radius 3 is 2.85 bits per heavy atom. The summed E-state index contributed by atoms with van der Waals surface area (Å²) in [6.07, 6.45) is -0.555. The summed E-state index contributed by atoms with van der Waals surface area (Å²) in [6, 6.07) is 6.65. The number of carboxylic acid groups (broad SMARTS) is 1. The lowest BCUT2D eigenvalue weighted by Crippen LogP contribution is -2.43. The maximum absolute atomic E-state index is 12.0. The zero-order valence-corrected chi connectivity index (χ0v) is 10.9. The Morgan fingerprint density at radius 1 is 1.40 bits per heavy atom. The van der Waals surface area contributed by atoms with E-state index in [1.54, 1.807) is 0 Å². The number of esters is 1. The molecule has 1 aromatic heterocycles. The molecule has 2 heterocycles. The highest BCUT2D eigenvalue weighted by molar-refractivity contribution is 5.93. The Labute approximate surface area is 114 Å². The predicted octanol–water partition coefficient (Wildman–Crippen LogP) is 1.92. The van der Waals surface area contributed by atoms with E-state index < -0.39 is 18.1 Å². The van der Waals surface area contributed by atoms with Crippen molar-refractivity contribution < 1.29 is 19.4 Å². The minimum absolute atomic E-state index is 0.273. The first-order valence-electron chi connectivity index (χ1n) is 6.30. The van der Waals surface area contributed by atoms with Gasteiger partial charge in [0.25, 0.3) is 0 Å². The van der Waals surface area contributed by atoms with Crippen LogP contribution in [0.5, 0.6) is 0 Å². The quantitative estimate of drug-likeness (QED) is 0.778. The van der Waals surface area contributed by atoms with Gasteiger partial charge in [-0.25, -0.2) is 9.59 Å². The highest BCUT2D eigenvalue weighted by Crippen LogP contribution is 2.36. The van der Waals surface area contributed by atoms with Gasteiger partial charge in [-0.05, 0) is 6.07 Å². The van der Waals surface area contributed by atoms with Crippen molar-refractivity contribution in [2.75, 3.05) is 13.7 Å². The summed E-state index contributed by atoms with van der Waals surface area (Å²) in [7, 11) is 1.27. The monoisotopic (exact) mass is 274 g/mol. The molecular weight excluding hydrogens is 260 g/mol. The number of aromatic amines is 1. The highest BCUT2D eigenvalue weighted by atomic mass is 16.5. The number of H-pyrrole nitrogens is 1. The van der Waals surface area contributed by atoms with Gasteiger partial charge in [-0.1, -0.05) is 18.2 Å². The molecule has 2 aromatic rings. The maximum Gasteiger partial charge on any atom is 0.408 e. The van der Waals surface area contributed by atoms with E-state index in [1.807, 2.05) is 24.3 Å². The lowest BCUT2D eigenvalue weighted by atomic mass is 9.96. The second-order valence-corrected chi connectivity index (χ2v) is 4.71. The SMILES string of the molecule is COC(=O)C1c2c([nH]c3ccccc23)CCN1C(=O)O. The van der Waals surface area contributed by atoms with Crippen LogP contribution < -0.4 is 0 Å². The standard InChI is InChI=1S/C14H14N2O4/c1-20-13(17)12-11-8-4-2-3-5-9(8)15-10(11)6-7-16(12)14(18)19/h2-5,12,15H,6-7H2,1H3,(H,18,19). The number of rotatable bonds is 1. The lowest BCUT2D eigenvalue weighted by molar-refractivity contribution is -0.146. The molecule has 6 nitrogen and oxygen atoms in total. The number of ether oxygens (including phenoxy) is 1. The van der Waals surface area contributed by atoms with Crippen LogP contribution in [0, 0.1) is 0 Å². The molecule has 6 heteroatoms. The second-order valence-electron chi connectivity index (χ2n) is 4.71. The molecule has 1 amide bonds. The third-order valence-corrected chi connectivity index (χ3v) is 3.69. The summed E-state index contributed by atoms with van der Waals surface area (Å²) in [6.45, 7) is 0.273. The number of carbonyl (C=O) groups is 2. The van der Waals surface area contributed by atoms with Crippen LogP contribution in [0.25, 0.3) is 10.9 Å². The van der Waals surface area contributed by atoms with E-state index >= 15 is 0 Å². The number of benzene rings is 1. The molecule has 0 saturated heterocycles. The van der Waals surface area contributed by atoms with Crippen molar-refractivity contribution in [3.8, 4) is 0 Å². The molecule has 0 bridgehead atoms. The Hall–Kier alpha value is -2.50. The number of nitrogens with one attached hydrogen (secondary N) is 1. The molecule has 1 aromatic carbocycles. The molecule has 0 saturated carbocycles. The predicted molar refractivity (Wildman–Crippen MR) is 71.5 cm³/mol. The van der Waals surface area contributed by atoms with Crippen molar-refractivity contribution in [2.45, 2.75) is 12.5 Å². The number of aromatic nitrogens is 1. The van der Waals surface area contributed by atoms with E-state index in [4.69, 9.17) is 4.74 Å². The number of methoxy groups -OCH3 is 1. The normalized spacial score (nSPS) is 17.9. The van der Waals surface area contributed by atoms with Crippen LogP contribution in [0.1, 0.15) is 17.3 Å². The number of fused-ring (bicyclic) bond motifs is 3. The van der Waals surface area contributed by atoms with Gasteiger partial charge in [0.15, 0.2) is 6.04 Å². The van der Waals surface area contributed by atoms with Crippen molar-refractivity contribution in [3.63, 3.8) is 0 Å². The van der Waals surface area contributed by atoms with Crippen LogP contribution in [0.3, 0.4) is 0 Å². The van der Waals surface area contributed by atoms with Gasteiger partial charge < -0.3 is 14.8 Å². The second kappa shape index (κ2) is 4.56. The van der Waals surface area contributed by atoms with E-state index in [-0.39, 0.29) is 6.54 Å². The van der Waals surface area contributed by atoms with Crippen LogP contribution in [0.15, 0.2) is 24.3 Å². The molecule has 1 unspecified atom stereocenters. The Balaban J connectivity index is 2.22. The van der Waals surface area contributed by atoms with Gasteiger partial charge in [0.1, 0.15) is 0 Å². The third kappa shape index (κ3) is 1.72. The number of hydrogen-bond acceptors (Lipinski definition) is 3. The fourth-order valence-electron chi connectivity index (χ4n) is 2.81. The number of nitrogens with zero attached hydrogens (tertiary/aromatic N) is 1. The van der Waals surface area contributed by atoms with E-state index in [2.05, 4.69) is 4.98 Å². The number of para-hydroxylation sites is 1. The average molecular weight is 274 g/mol. The van der Waals surface area contributed by atoms with E-state index in [9.17, 15) is 14.7 Å². The first-order valence-corrected chi connectivity index (χ1v) is 6.30. The van der Waals surface area contributed by atoms with Gasteiger partial charge in [-0.3, -0.25) is 4.90 Å². The largest absolute Gasteiger partial charge is 0.467 e. The van der Waals surface area contributed by atoms with Crippen LogP contribution in [-0.2, 0) is 16.0 Å². The summed E-state index contributed by atoms with van der Waals surface area (Å²) >= 11 is 0. The molecule has 1 aliphatic heterocycles. The third-order valence-electron chi connectivity index (χ3n) is 3.69. The summed E-state index contributed by atoms with van der Waals surface area (Å²) in [5.74, 6) is -0.557. The molecule has 0 aliphatic carbocycles. The molecule has 3 rings (SSSR count). The van der Waals surface area contributed by atoms with Gasteiger partial charge in [0, 0.05) is 35.1 Å². The van der Waals surface area contributed by atoms with Gasteiger partial charge >= 0.3 is 12.1 Å². The molecule has 0 radical (unpaired) electrons. The summed E-state index contributed by atoms with van der Waals surface area (Å²) in [5, 5.41) is 10.2. The van der Waals surface area contributed by atoms with Crippen molar-refractivity contribution in [2.24, 2.45) is 0 Å². The molecule has 1 atom stereocenters. The molecular formula is C14H14N2O4. The van der Waals surface area contributed by atoms with E-state index in [1.165, 1.54) is 7.11 Å². The van der Waals surface area contributed by atoms with Crippen LogP contribution in [-0.4, -0.2) is 40.7 Å². The van der Waals surface area contributed by atoms with E-state index in [0.717, 1.165) is 21.5 Å². The first-order chi connectivity index (χ1) is 9.63. The number of carbonyl (C=O) groups excluding carboxylic acids is 1. The zero-order valence-electron chi connectivity index (χ0n) is 10.9. The summed E-state index contributed by atoms with van der Waals surface area (Å²) < 4.78 is 4.79. The summed E-state index contributed by atoms with van der Waals surface area (Å²) in [4.78, 5) is 27.8. The number of amides is 1. The molecule has 0 fully saturated rings. The molecule has 2 N–H and O–H groups in total. The molecule has 1 aliphatic rings. The minimum atomic E-state index is -1.11. The summed E-state index contributed by atoms with van der Waals surface area (Å²) in [5.41, 5.74) is 2.51. The van der Waals surface area contributed by atoms with E-state index in [0.29, 0.717) is 12.0 Å². The zero-order chi connectivity index (χ0) is 14.3. The average Bonchev–Trinajstić information content (AvgIpc) is 2.83. The number of hydrogen-bond donors (Lipinski definition) is 2. The fourth-order valence-corrected chi connectivity index (χ4v) is 2.81. The van der Waals surface area contributed by atoms with Gasteiger partial charge in [-0.15, -0.1) is 0 Å². The molecule has 0 spiro atoms.